The van der Waals surface area contributed by atoms with Gasteiger partial charge in [0.05, 0.1) is 5.69 Å². The summed E-state index contributed by atoms with van der Waals surface area (Å²) in [6, 6.07) is 13.5. The number of benzene rings is 1. The predicted molar refractivity (Wildman–Crippen MR) is 142 cm³/mol. The molecule has 4 aromatic rings. The molecule has 1 saturated heterocycles. The van der Waals surface area contributed by atoms with Crippen LogP contribution in [0.1, 0.15) is 25.5 Å². The lowest BCUT2D eigenvalue weighted by Gasteiger charge is -2.24. The number of aromatic nitrogens is 4. The van der Waals surface area contributed by atoms with Crippen LogP contribution in [-0.4, -0.2) is 39.2 Å². The molecule has 0 saturated carbocycles. The molecule has 35 heavy (non-hydrogen) atoms. The molecule has 5 rings (SSSR count). The molecule has 1 fully saturated rings. The van der Waals surface area contributed by atoms with E-state index in [1.807, 2.05) is 60.9 Å². The van der Waals surface area contributed by atoms with Crippen molar-refractivity contribution in [1.29, 1.82) is 0 Å². The summed E-state index contributed by atoms with van der Waals surface area (Å²) in [7, 11) is 0. The van der Waals surface area contributed by atoms with Crippen molar-refractivity contribution in [1.82, 2.24) is 24.8 Å². The highest BCUT2D eigenvalue weighted by Crippen LogP contribution is 2.32. The van der Waals surface area contributed by atoms with Gasteiger partial charge in [0, 0.05) is 52.1 Å². The minimum atomic E-state index is -0.0829. The minimum Gasteiger partial charge on any atom is -0.354 e. The van der Waals surface area contributed by atoms with Crippen LogP contribution in [0.5, 0.6) is 0 Å². The number of nitrogens with zero attached hydrogens (tertiary/aromatic N) is 4. The number of piperidine rings is 1. The molecule has 0 atom stereocenters. The topological polar surface area (TPSA) is 84.7 Å². The quantitative estimate of drug-likeness (QED) is 0.401. The molecule has 0 spiro atoms. The molecule has 4 heterocycles. The van der Waals surface area contributed by atoms with Crippen LogP contribution in [0.25, 0.3) is 33.4 Å². The Morgan fingerprint density at radius 1 is 1.11 bits per heavy atom. The molecule has 3 aromatic heterocycles. The predicted octanol–water partition coefficient (Wildman–Crippen LogP) is 4.91. The summed E-state index contributed by atoms with van der Waals surface area (Å²) in [5.41, 5.74) is 4.53. The summed E-state index contributed by atoms with van der Waals surface area (Å²) in [4.78, 5) is 27.6. The van der Waals surface area contributed by atoms with E-state index < -0.39 is 0 Å². The van der Waals surface area contributed by atoms with E-state index in [-0.39, 0.29) is 5.56 Å². The van der Waals surface area contributed by atoms with Gasteiger partial charge in [0.25, 0.3) is 5.56 Å². The van der Waals surface area contributed by atoms with Crippen molar-refractivity contribution in [3.05, 3.63) is 69.7 Å². The van der Waals surface area contributed by atoms with Gasteiger partial charge in [-0.15, -0.1) is 0 Å². The molecule has 8 heteroatoms. The van der Waals surface area contributed by atoms with Crippen LogP contribution in [0.4, 0.5) is 5.95 Å². The Hall–Kier alpha value is -3.29. The zero-order chi connectivity index (χ0) is 24.4. The van der Waals surface area contributed by atoms with Crippen molar-refractivity contribution < 1.29 is 0 Å². The maximum absolute atomic E-state index is 13.9. The maximum Gasteiger partial charge on any atom is 0.260 e. The smallest absolute Gasteiger partial charge is 0.260 e. The van der Waals surface area contributed by atoms with Gasteiger partial charge in [-0.25, -0.2) is 4.98 Å². The number of halogens is 1. The van der Waals surface area contributed by atoms with Crippen molar-refractivity contribution in [2.75, 3.05) is 25.0 Å². The Morgan fingerprint density at radius 3 is 2.69 bits per heavy atom. The SMILES string of the molecule is CCNc1ncc2cc(-c3ccc(-c4cccc(C)n4)cc3Cl)c(=O)n(CC3CCNCC3)c2n1. The maximum atomic E-state index is 13.9. The van der Waals surface area contributed by atoms with E-state index in [4.69, 9.17) is 16.6 Å². The fraction of sp³-hybridized carbons (Fsp3) is 0.333. The highest BCUT2D eigenvalue weighted by molar-refractivity contribution is 6.33. The second kappa shape index (κ2) is 10.1. The highest BCUT2D eigenvalue weighted by atomic mass is 35.5. The Balaban J connectivity index is 1.62. The Bertz CT molecular complexity index is 1430. The molecule has 1 aromatic carbocycles. The Labute approximate surface area is 209 Å². The van der Waals surface area contributed by atoms with Crippen molar-refractivity contribution >= 4 is 28.6 Å². The standard InChI is InChI=1S/C27H29ClN6O/c1-3-30-27-31-15-20-13-22(26(35)34(25(20)33-27)16-18-9-11-29-12-10-18)21-8-7-19(14-23(21)28)24-6-4-5-17(2)32-24/h4-8,13-15,18,29H,3,9-12,16H2,1-2H3,(H,30,31,33). The molecule has 0 amide bonds. The van der Waals surface area contributed by atoms with Crippen molar-refractivity contribution in [2.24, 2.45) is 5.92 Å². The lowest BCUT2D eigenvalue weighted by Crippen LogP contribution is -2.33. The monoisotopic (exact) mass is 488 g/mol. The van der Waals surface area contributed by atoms with Crippen LogP contribution < -0.4 is 16.2 Å². The Kier molecular flexibility index (Phi) is 6.79. The van der Waals surface area contributed by atoms with Gasteiger partial charge >= 0.3 is 0 Å². The minimum absolute atomic E-state index is 0.0829. The average Bonchev–Trinajstić information content (AvgIpc) is 2.87. The lowest BCUT2D eigenvalue weighted by atomic mass is 9.97. The van der Waals surface area contributed by atoms with Crippen LogP contribution in [0.2, 0.25) is 5.02 Å². The van der Waals surface area contributed by atoms with Gasteiger partial charge in [-0.3, -0.25) is 14.3 Å². The number of anilines is 1. The number of fused-ring (bicyclic) bond motifs is 1. The van der Waals surface area contributed by atoms with Crippen LogP contribution in [0.15, 0.2) is 53.5 Å². The molecule has 0 radical (unpaired) electrons. The first-order valence-electron chi connectivity index (χ1n) is 12.1. The van der Waals surface area contributed by atoms with Gasteiger partial charge in [-0.2, -0.15) is 4.98 Å². The van der Waals surface area contributed by atoms with Gasteiger partial charge in [0.15, 0.2) is 0 Å². The van der Waals surface area contributed by atoms with Crippen LogP contribution in [0, 0.1) is 12.8 Å². The summed E-state index contributed by atoms with van der Waals surface area (Å²) in [5.74, 6) is 0.939. The third kappa shape index (κ3) is 4.92. The first kappa shape index (κ1) is 23.5. The van der Waals surface area contributed by atoms with E-state index in [0.29, 0.717) is 46.8 Å². The summed E-state index contributed by atoms with van der Waals surface area (Å²) in [5, 5.41) is 7.89. The fourth-order valence-corrected chi connectivity index (χ4v) is 4.97. The number of aryl methyl sites for hydroxylation is 1. The largest absolute Gasteiger partial charge is 0.354 e. The van der Waals surface area contributed by atoms with Gasteiger partial charge < -0.3 is 10.6 Å². The zero-order valence-electron chi connectivity index (χ0n) is 20.0. The van der Waals surface area contributed by atoms with Crippen molar-refractivity contribution in [3.63, 3.8) is 0 Å². The van der Waals surface area contributed by atoms with Gasteiger partial charge in [0.2, 0.25) is 5.95 Å². The van der Waals surface area contributed by atoms with E-state index in [9.17, 15) is 4.79 Å². The number of rotatable bonds is 6. The van der Waals surface area contributed by atoms with E-state index >= 15 is 0 Å². The first-order valence-corrected chi connectivity index (χ1v) is 12.5. The molecule has 1 aliphatic rings. The molecule has 2 N–H and O–H groups in total. The van der Waals surface area contributed by atoms with E-state index in [1.54, 1.807) is 6.20 Å². The number of hydrogen-bond acceptors (Lipinski definition) is 6. The zero-order valence-corrected chi connectivity index (χ0v) is 20.8. The molecule has 0 unspecified atom stereocenters. The summed E-state index contributed by atoms with van der Waals surface area (Å²) < 4.78 is 1.82. The van der Waals surface area contributed by atoms with Crippen LogP contribution in [-0.2, 0) is 6.54 Å². The average molecular weight is 489 g/mol. The number of pyridine rings is 2. The highest BCUT2D eigenvalue weighted by Gasteiger charge is 2.20. The summed E-state index contributed by atoms with van der Waals surface area (Å²) >= 11 is 6.76. The summed E-state index contributed by atoms with van der Waals surface area (Å²) in [6.45, 7) is 7.22. The van der Waals surface area contributed by atoms with Crippen molar-refractivity contribution in [2.45, 2.75) is 33.2 Å². The molecule has 7 nitrogen and oxygen atoms in total. The second-order valence-corrected chi connectivity index (χ2v) is 9.44. The van der Waals surface area contributed by atoms with Crippen LogP contribution >= 0.6 is 11.6 Å². The van der Waals surface area contributed by atoms with Crippen molar-refractivity contribution in [3.8, 4) is 22.4 Å². The molecule has 0 aliphatic carbocycles. The van der Waals surface area contributed by atoms with Gasteiger partial charge in [0.1, 0.15) is 5.65 Å². The lowest BCUT2D eigenvalue weighted by molar-refractivity contribution is 0.333. The van der Waals surface area contributed by atoms with Gasteiger partial charge in [-0.1, -0.05) is 29.8 Å². The molecule has 1 aliphatic heterocycles. The first-order chi connectivity index (χ1) is 17.0. The third-order valence-electron chi connectivity index (χ3n) is 6.50. The van der Waals surface area contributed by atoms with Gasteiger partial charge in [-0.05, 0) is 70.0 Å². The van der Waals surface area contributed by atoms with Crippen LogP contribution in [0.3, 0.4) is 0 Å². The van der Waals surface area contributed by atoms with E-state index in [1.165, 1.54) is 0 Å². The molecule has 0 bridgehead atoms. The number of nitrogens with one attached hydrogen (secondary N) is 2. The van der Waals surface area contributed by atoms with E-state index in [2.05, 4.69) is 20.6 Å². The molecular formula is C27H29ClN6O. The van der Waals surface area contributed by atoms with E-state index in [0.717, 1.165) is 48.3 Å². The molecule has 180 valence electrons. The number of hydrogen-bond donors (Lipinski definition) is 2. The fourth-order valence-electron chi connectivity index (χ4n) is 4.68. The normalized spacial score (nSPS) is 14.4. The second-order valence-electron chi connectivity index (χ2n) is 9.03. The Morgan fingerprint density at radius 2 is 1.94 bits per heavy atom. The molecular weight excluding hydrogens is 460 g/mol. The summed E-state index contributed by atoms with van der Waals surface area (Å²) in [6.07, 6.45) is 3.84. The third-order valence-corrected chi connectivity index (χ3v) is 6.82.